The molecule has 0 N–H and O–H groups in total. The Balaban J connectivity index is 1.50. The van der Waals surface area contributed by atoms with Gasteiger partial charge in [0.15, 0.2) is 0 Å². The van der Waals surface area contributed by atoms with E-state index >= 15 is 0 Å². The number of carbonyl (C=O) groups excluding carboxylic acids is 2. The minimum Gasteiger partial charge on any atom is -0.489 e. The van der Waals surface area contributed by atoms with Gasteiger partial charge in [-0.15, -0.1) is 0 Å². The summed E-state index contributed by atoms with van der Waals surface area (Å²) < 4.78 is 19.6. The van der Waals surface area contributed by atoms with E-state index in [1.165, 1.54) is 19.3 Å². The van der Waals surface area contributed by atoms with Crippen LogP contribution in [0, 0.1) is 0 Å². The lowest BCUT2D eigenvalue weighted by Crippen LogP contribution is -2.15. The average molecular weight is 624 g/mol. The molecule has 41 heavy (non-hydrogen) atoms. The molecule has 0 unspecified atom stereocenters. The van der Waals surface area contributed by atoms with Crippen molar-refractivity contribution in [3.63, 3.8) is 0 Å². The smallest absolute Gasteiger partial charge is 0.338 e. The van der Waals surface area contributed by atoms with E-state index in [-0.39, 0.29) is 11.9 Å². The van der Waals surface area contributed by atoms with Gasteiger partial charge >= 0.3 is 11.9 Å². The highest BCUT2D eigenvalue weighted by Crippen LogP contribution is 2.34. The Kier molecular flexibility index (Phi) is 11.2. The third kappa shape index (κ3) is 8.32. The van der Waals surface area contributed by atoms with E-state index in [4.69, 9.17) is 19.3 Å². The van der Waals surface area contributed by atoms with Gasteiger partial charge in [0.25, 0.3) is 0 Å². The van der Waals surface area contributed by atoms with Gasteiger partial charge in [-0.05, 0) is 87.7 Å². The van der Waals surface area contributed by atoms with E-state index < -0.39 is 0 Å². The molecule has 1 heterocycles. The van der Waals surface area contributed by atoms with Gasteiger partial charge in [0.2, 0.25) is 0 Å². The highest BCUT2D eigenvalue weighted by molar-refractivity contribution is 9.10. The van der Waals surface area contributed by atoms with Crippen LogP contribution in [0.1, 0.15) is 93.4 Å². The van der Waals surface area contributed by atoms with Crippen LogP contribution < -0.4 is 4.74 Å². The quantitative estimate of drug-likeness (QED) is 0.115. The summed E-state index contributed by atoms with van der Waals surface area (Å²) in [5, 5.41) is 4.90. The largest absolute Gasteiger partial charge is 0.489 e. The Morgan fingerprint density at radius 1 is 1.02 bits per heavy atom. The van der Waals surface area contributed by atoms with Crippen molar-refractivity contribution in [1.82, 2.24) is 9.78 Å². The van der Waals surface area contributed by atoms with Crippen LogP contribution in [-0.4, -0.2) is 34.9 Å². The molecule has 0 aliphatic heterocycles. The van der Waals surface area contributed by atoms with Crippen LogP contribution in [0.5, 0.6) is 5.75 Å². The highest BCUT2D eigenvalue weighted by atomic mass is 79.9. The number of nitrogens with zero attached hydrogens (tertiary/aromatic N) is 2. The minimum atomic E-state index is -0.326. The average Bonchev–Trinajstić information content (AvgIpc) is 3.41. The standard InChI is InChI=1S/C33H39BrN2O5/c1-4-6-18-40-33(38)25-14-17-30(34)26(20-25)22-41-29-15-12-24(13-16-29)31-21-27(19-23(3)32(37)39-5-2)35-36(31)28-10-8-7-9-11-28/h12-17,19-21,28H,4-11,18,22H2,1-3H3/b23-19+. The molecule has 1 aromatic heterocycles. The lowest BCUT2D eigenvalue weighted by atomic mass is 9.95. The monoisotopic (exact) mass is 622 g/mol. The summed E-state index contributed by atoms with van der Waals surface area (Å²) in [5.74, 6) is 0.0738. The topological polar surface area (TPSA) is 79.7 Å². The van der Waals surface area contributed by atoms with Gasteiger partial charge < -0.3 is 14.2 Å². The summed E-state index contributed by atoms with van der Waals surface area (Å²) in [5.41, 5.74) is 4.69. The van der Waals surface area contributed by atoms with Crippen LogP contribution >= 0.6 is 15.9 Å². The van der Waals surface area contributed by atoms with Crippen LogP contribution in [0.2, 0.25) is 0 Å². The van der Waals surface area contributed by atoms with E-state index in [1.807, 2.05) is 42.5 Å². The molecule has 0 radical (unpaired) electrons. The summed E-state index contributed by atoms with van der Waals surface area (Å²) in [6, 6.07) is 15.7. The van der Waals surface area contributed by atoms with E-state index in [0.717, 1.165) is 58.4 Å². The number of unbranched alkanes of at least 4 members (excludes halogenated alkanes) is 1. The molecule has 1 aliphatic rings. The maximum absolute atomic E-state index is 12.4. The van der Waals surface area contributed by atoms with Crippen LogP contribution in [0.25, 0.3) is 17.3 Å². The molecule has 0 amide bonds. The van der Waals surface area contributed by atoms with Crippen molar-refractivity contribution in [3.8, 4) is 17.0 Å². The number of halogens is 1. The molecule has 0 bridgehead atoms. The fraction of sp³-hybridized carbons (Fsp3) is 0.424. The van der Waals surface area contributed by atoms with Gasteiger partial charge in [0.1, 0.15) is 12.4 Å². The van der Waals surface area contributed by atoms with Gasteiger partial charge in [0, 0.05) is 21.2 Å². The zero-order valence-electron chi connectivity index (χ0n) is 24.2. The van der Waals surface area contributed by atoms with Gasteiger partial charge in [-0.3, -0.25) is 4.68 Å². The number of ether oxygens (including phenoxy) is 3. The number of carbonyl (C=O) groups is 2. The van der Waals surface area contributed by atoms with Gasteiger partial charge in [-0.2, -0.15) is 5.10 Å². The summed E-state index contributed by atoms with van der Waals surface area (Å²) in [6.45, 7) is 6.69. The van der Waals surface area contributed by atoms with E-state index in [2.05, 4.69) is 27.5 Å². The van der Waals surface area contributed by atoms with Gasteiger partial charge in [-0.25, -0.2) is 9.59 Å². The third-order valence-corrected chi connectivity index (χ3v) is 7.97. The molecule has 2 aromatic carbocycles. The van der Waals surface area contributed by atoms with Crippen molar-refractivity contribution in [2.24, 2.45) is 0 Å². The summed E-state index contributed by atoms with van der Waals surface area (Å²) >= 11 is 3.57. The Labute approximate surface area is 251 Å². The highest BCUT2D eigenvalue weighted by Gasteiger charge is 2.21. The van der Waals surface area contributed by atoms with E-state index in [9.17, 15) is 9.59 Å². The second kappa shape index (κ2) is 15.0. The number of esters is 2. The van der Waals surface area contributed by atoms with Crippen molar-refractivity contribution < 1.29 is 23.8 Å². The van der Waals surface area contributed by atoms with Crippen LogP contribution in [0.3, 0.4) is 0 Å². The van der Waals surface area contributed by atoms with Crippen LogP contribution in [-0.2, 0) is 20.9 Å². The second-order valence-electron chi connectivity index (χ2n) is 10.3. The lowest BCUT2D eigenvalue weighted by molar-refractivity contribution is -0.138. The number of hydrogen-bond donors (Lipinski definition) is 0. The Morgan fingerprint density at radius 2 is 1.78 bits per heavy atom. The second-order valence-corrected chi connectivity index (χ2v) is 11.2. The summed E-state index contributed by atoms with van der Waals surface area (Å²) in [7, 11) is 0. The first-order valence-electron chi connectivity index (χ1n) is 14.5. The Bertz CT molecular complexity index is 1360. The molecule has 0 atom stereocenters. The summed E-state index contributed by atoms with van der Waals surface area (Å²) in [6.07, 6.45) is 9.44. The maximum atomic E-state index is 12.4. The molecular weight excluding hydrogens is 584 g/mol. The Hall–Kier alpha value is -3.39. The van der Waals surface area contributed by atoms with E-state index in [1.54, 1.807) is 26.0 Å². The molecule has 1 saturated carbocycles. The zero-order valence-corrected chi connectivity index (χ0v) is 25.7. The molecule has 4 rings (SSSR count). The maximum Gasteiger partial charge on any atom is 0.338 e. The lowest BCUT2D eigenvalue weighted by Gasteiger charge is -2.24. The molecular formula is C33H39BrN2O5. The fourth-order valence-corrected chi connectivity index (χ4v) is 5.28. The van der Waals surface area contributed by atoms with Crippen molar-refractivity contribution in [2.75, 3.05) is 13.2 Å². The zero-order chi connectivity index (χ0) is 29.2. The fourth-order valence-electron chi connectivity index (χ4n) is 4.92. The molecule has 218 valence electrons. The SMILES string of the molecule is CCCCOC(=O)c1ccc(Br)c(COc2ccc(-c3cc(/C=C(\C)C(=O)OCC)nn3C3CCCCC3)cc2)c1. The Morgan fingerprint density at radius 3 is 2.49 bits per heavy atom. The van der Waals surface area contributed by atoms with Crippen molar-refractivity contribution in [3.05, 3.63) is 75.4 Å². The first kappa shape index (κ1) is 30.6. The first-order valence-corrected chi connectivity index (χ1v) is 15.3. The number of aromatic nitrogens is 2. The molecule has 7 nitrogen and oxygen atoms in total. The first-order chi connectivity index (χ1) is 19.9. The third-order valence-electron chi connectivity index (χ3n) is 7.19. The van der Waals surface area contributed by atoms with E-state index in [0.29, 0.717) is 37.0 Å². The predicted molar refractivity (Wildman–Crippen MR) is 164 cm³/mol. The van der Waals surface area contributed by atoms with Crippen molar-refractivity contribution >= 4 is 33.9 Å². The molecule has 0 spiro atoms. The molecule has 3 aromatic rings. The minimum absolute atomic E-state index is 0.304. The van der Waals surface area contributed by atoms with Crippen molar-refractivity contribution in [2.45, 2.75) is 78.4 Å². The number of benzene rings is 2. The van der Waals surface area contributed by atoms with Gasteiger partial charge in [0.05, 0.1) is 36.2 Å². The number of rotatable bonds is 12. The summed E-state index contributed by atoms with van der Waals surface area (Å²) in [4.78, 5) is 24.6. The van der Waals surface area contributed by atoms with Crippen molar-refractivity contribution in [1.29, 1.82) is 0 Å². The van der Waals surface area contributed by atoms with Crippen LogP contribution in [0.15, 0.2) is 58.6 Å². The molecule has 1 aliphatic carbocycles. The normalized spacial score (nSPS) is 14.1. The van der Waals surface area contributed by atoms with Gasteiger partial charge in [-0.1, -0.05) is 48.5 Å². The molecule has 0 saturated heterocycles. The molecule has 1 fully saturated rings. The van der Waals surface area contributed by atoms with Crippen LogP contribution in [0.4, 0.5) is 0 Å². The molecule has 8 heteroatoms. The predicted octanol–water partition coefficient (Wildman–Crippen LogP) is 8.32. The number of hydrogen-bond acceptors (Lipinski definition) is 6.